The topological polar surface area (TPSA) is 52.0 Å². The van der Waals surface area contributed by atoms with Gasteiger partial charge in [-0.25, -0.2) is 14.4 Å². The molecule has 130 valence electrons. The molecule has 1 aliphatic rings. The molecule has 25 heavy (non-hydrogen) atoms. The fourth-order valence-electron chi connectivity index (χ4n) is 2.34. The fourth-order valence-corrected chi connectivity index (χ4v) is 2.46. The standard InChI is InChI=1S/C18H19ClFN5/c19-15-3-1-14(2-4-15)11-25-12-23-18(24-13-25)22-10-9-21-17-7-5-16(20)6-8-17/h1-8,12,21H,9-11,13H2,(H,22,24). The van der Waals surface area contributed by atoms with Crippen LogP contribution in [0.25, 0.3) is 0 Å². The number of nitrogens with zero attached hydrogens (tertiary/aromatic N) is 3. The Balaban J connectivity index is 1.37. The molecule has 0 unspecified atom stereocenters. The van der Waals surface area contributed by atoms with Crippen molar-refractivity contribution < 1.29 is 4.39 Å². The molecule has 1 heterocycles. The van der Waals surface area contributed by atoms with Gasteiger partial charge in [0.25, 0.3) is 0 Å². The normalized spacial score (nSPS) is 13.5. The molecule has 2 aromatic rings. The number of rotatable bonds is 6. The van der Waals surface area contributed by atoms with Gasteiger partial charge in [0.2, 0.25) is 5.96 Å². The van der Waals surface area contributed by atoms with Crippen molar-refractivity contribution in [2.24, 2.45) is 9.98 Å². The Morgan fingerprint density at radius 1 is 1.00 bits per heavy atom. The maximum atomic E-state index is 12.8. The Kier molecular flexibility index (Phi) is 5.85. The van der Waals surface area contributed by atoms with Gasteiger partial charge in [-0.2, -0.15) is 0 Å². The van der Waals surface area contributed by atoms with Crippen LogP contribution in [0.1, 0.15) is 5.56 Å². The third-order valence-corrected chi connectivity index (χ3v) is 3.88. The number of nitrogens with one attached hydrogen (secondary N) is 2. The van der Waals surface area contributed by atoms with Gasteiger partial charge in [0, 0.05) is 30.3 Å². The molecule has 1 aliphatic heterocycles. The van der Waals surface area contributed by atoms with Crippen molar-refractivity contribution in [3.05, 3.63) is 64.9 Å². The van der Waals surface area contributed by atoms with Gasteiger partial charge in [-0.3, -0.25) is 0 Å². The molecular formula is C18H19ClFN5. The monoisotopic (exact) mass is 359 g/mol. The first kappa shape index (κ1) is 17.2. The zero-order valence-electron chi connectivity index (χ0n) is 13.6. The van der Waals surface area contributed by atoms with E-state index in [4.69, 9.17) is 11.6 Å². The van der Waals surface area contributed by atoms with Gasteiger partial charge >= 0.3 is 0 Å². The molecule has 0 amide bonds. The summed E-state index contributed by atoms with van der Waals surface area (Å²) in [5.41, 5.74) is 2.04. The predicted molar refractivity (Wildman–Crippen MR) is 101 cm³/mol. The minimum atomic E-state index is -0.238. The van der Waals surface area contributed by atoms with E-state index in [9.17, 15) is 4.39 Å². The van der Waals surface area contributed by atoms with Crippen LogP contribution in [-0.2, 0) is 6.54 Å². The minimum Gasteiger partial charge on any atom is -0.383 e. The van der Waals surface area contributed by atoms with E-state index in [1.807, 2.05) is 29.2 Å². The first-order valence-corrected chi connectivity index (χ1v) is 8.37. The minimum absolute atomic E-state index is 0.238. The highest BCUT2D eigenvalue weighted by molar-refractivity contribution is 6.30. The highest BCUT2D eigenvalue weighted by Crippen LogP contribution is 2.11. The molecule has 0 atom stereocenters. The zero-order valence-corrected chi connectivity index (χ0v) is 14.4. The summed E-state index contributed by atoms with van der Waals surface area (Å²) in [4.78, 5) is 10.7. The van der Waals surface area contributed by atoms with Crippen molar-refractivity contribution >= 4 is 29.6 Å². The Bertz CT molecular complexity index is 743. The van der Waals surface area contributed by atoms with Crippen molar-refractivity contribution in [2.75, 3.05) is 25.1 Å². The number of halogens is 2. The van der Waals surface area contributed by atoms with E-state index in [2.05, 4.69) is 20.6 Å². The van der Waals surface area contributed by atoms with E-state index < -0.39 is 0 Å². The lowest BCUT2D eigenvalue weighted by Gasteiger charge is -2.21. The average Bonchev–Trinajstić information content (AvgIpc) is 2.63. The van der Waals surface area contributed by atoms with E-state index in [0.717, 1.165) is 22.8 Å². The van der Waals surface area contributed by atoms with Gasteiger partial charge in [0.15, 0.2) is 0 Å². The highest BCUT2D eigenvalue weighted by atomic mass is 35.5. The summed E-state index contributed by atoms with van der Waals surface area (Å²) in [5, 5.41) is 7.10. The molecule has 0 spiro atoms. The lowest BCUT2D eigenvalue weighted by atomic mass is 10.2. The van der Waals surface area contributed by atoms with Crippen LogP contribution in [0.15, 0.2) is 58.5 Å². The van der Waals surface area contributed by atoms with Crippen LogP contribution in [0, 0.1) is 5.82 Å². The lowest BCUT2D eigenvalue weighted by molar-refractivity contribution is 0.433. The van der Waals surface area contributed by atoms with Crippen molar-refractivity contribution in [3.63, 3.8) is 0 Å². The molecule has 7 heteroatoms. The summed E-state index contributed by atoms with van der Waals surface area (Å²) >= 11 is 5.89. The molecule has 0 fully saturated rings. The Labute approximate surface area is 151 Å². The van der Waals surface area contributed by atoms with Crippen LogP contribution in [0.2, 0.25) is 5.02 Å². The maximum absolute atomic E-state index is 12.8. The van der Waals surface area contributed by atoms with Gasteiger partial charge in [-0.15, -0.1) is 0 Å². The number of hydrogen-bond acceptors (Lipinski definition) is 5. The number of hydrogen-bond donors (Lipinski definition) is 2. The summed E-state index contributed by atoms with van der Waals surface area (Å²) < 4.78 is 12.8. The van der Waals surface area contributed by atoms with E-state index in [1.54, 1.807) is 18.5 Å². The average molecular weight is 360 g/mol. The Morgan fingerprint density at radius 2 is 1.72 bits per heavy atom. The van der Waals surface area contributed by atoms with Crippen molar-refractivity contribution in [1.82, 2.24) is 10.2 Å². The molecule has 0 saturated heterocycles. The molecule has 2 aromatic carbocycles. The number of anilines is 1. The summed E-state index contributed by atoms with van der Waals surface area (Å²) in [6, 6.07) is 14.0. The van der Waals surface area contributed by atoms with Crippen LogP contribution in [-0.4, -0.2) is 37.0 Å². The van der Waals surface area contributed by atoms with Crippen molar-refractivity contribution in [2.45, 2.75) is 6.54 Å². The second kappa shape index (κ2) is 8.48. The molecule has 0 radical (unpaired) electrons. The zero-order chi connectivity index (χ0) is 17.5. The molecule has 2 N–H and O–H groups in total. The van der Waals surface area contributed by atoms with Crippen LogP contribution < -0.4 is 10.6 Å². The summed E-state index contributed by atoms with van der Waals surface area (Å²) in [6.07, 6.45) is 1.79. The van der Waals surface area contributed by atoms with E-state index in [1.165, 1.54) is 12.1 Å². The van der Waals surface area contributed by atoms with Crippen LogP contribution >= 0.6 is 11.6 Å². The fraction of sp³-hybridized carbons (Fsp3) is 0.222. The van der Waals surface area contributed by atoms with Crippen LogP contribution in [0.3, 0.4) is 0 Å². The molecule has 0 saturated carbocycles. The predicted octanol–water partition coefficient (Wildman–Crippen LogP) is 3.34. The van der Waals surface area contributed by atoms with Gasteiger partial charge in [-0.05, 0) is 42.0 Å². The summed E-state index contributed by atoms with van der Waals surface area (Å²) in [7, 11) is 0. The largest absolute Gasteiger partial charge is 0.383 e. The second-order valence-electron chi connectivity index (χ2n) is 5.60. The van der Waals surface area contributed by atoms with Crippen LogP contribution in [0.5, 0.6) is 0 Å². The first-order valence-electron chi connectivity index (χ1n) is 7.99. The summed E-state index contributed by atoms with van der Waals surface area (Å²) in [5.74, 6) is 0.381. The SMILES string of the molecule is Fc1ccc(NCCNC2=NCN(Cc3ccc(Cl)cc3)C=N2)cc1. The number of aliphatic imine (C=N–C) groups is 2. The van der Waals surface area contributed by atoms with Crippen molar-refractivity contribution in [1.29, 1.82) is 0 Å². The quantitative estimate of drug-likeness (QED) is 0.778. The maximum Gasteiger partial charge on any atom is 0.221 e. The van der Waals surface area contributed by atoms with Gasteiger partial charge < -0.3 is 15.5 Å². The van der Waals surface area contributed by atoms with Gasteiger partial charge in [0.1, 0.15) is 12.5 Å². The third kappa shape index (κ3) is 5.46. The lowest BCUT2D eigenvalue weighted by Crippen LogP contribution is -2.34. The Morgan fingerprint density at radius 3 is 2.40 bits per heavy atom. The van der Waals surface area contributed by atoms with E-state index >= 15 is 0 Å². The summed E-state index contributed by atoms with van der Waals surface area (Å²) in [6.45, 7) is 2.66. The number of benzene rings is 2. The van der Waals surface area contributed by atoms with Crippen molar-refractivity contribution in [3.8, 4) is 0 Å². The molecule has 0 bridgehead atoms. The molecule has 0 aliphatic carbocycles. The first-order chi connectivity index (χ1) is 12.2. The highest BCUT2D eigenvalue weighted by Gasteiger charge is 2.07. The molecule has 5 nitrogen and oxygen atoms in total. The Hall–Kier alpha value is -2.60. The number of guanidine groups is 1. The molecule has 3 rings (SSSR count). The van der Waals surface area contributed by atoms with Gasteiger partial charge in [-0.1, -0.05) is 23.7 Å². The van der Waals surface area contributed by atoms with E-state index in [-0.39, 0.29) is 5.82 Å². The molecule has 0 aromatic heterocycles. The van der Waals surface area contributed by atoms with Gasteiger partial charge in [0.05, 0.1) is 6.34 Å². The van der Waals surface area contributed by atoms with E-state index in [0.29, 0.717) is 25.7 Å². The smallest absolute Gasteiger partial charge is 0.221 e. The molecular weight excluding hydrogens is 341 g/mol. The van der Waals surface area contributed by atoms with Crippen LogP contribution in [0.4, 0.5) is 10.1 Å². The third-order valence-electron chi connectivity index (χ3n) is 3.63. The second-order valence-corrected chi connectivity index (χ2v) is 6.04.